The number of carbonyl (C=O) groups excluding carboxylic acids is 2. The van der Waals surface area contributed by atoms with Crippen molar-refractivity contribution in [1.82, 2.24) is 0 Å². The Morgan fingerprint density at radius 2 is 1.80 bits per heavy atom. The molecule has 0 saturated carbocycles. The first kappa shape index (κ1) is 16.7. The largest absolute Gasteiger partial charge is 0.454 e. The summed E-state index contributed by atoms with van der Waals surface area (Å²) in [6, 6.07) is 7.72. The summed E-state index contributed by atoms with van der Waals surface area (Å²) in [5.41, 5.74) is -0.445. The lowest BCUT2D eigenvalue weighted by Gasteiger charge is -2.14. The van der Waals surface area contributed by atoms with Crippen LogP contribution in [0.4, 0.5) is 14.5 Å². The Labute approximate surface area is 141 Å². The van der Waals surface area contributed by atoms with Gasteiger partial charge in [-0.1, -0.05) is 6.07 Å². The number of fused-ring (bicyclic) bond motifs is 1. The Balaban J connectivity index is 1.65. The second-order valence-electron chi connectivity index (χ2n) is 5.20. The predicted molar refractivity (Wildman–Crippen MR) is 82.4 cm³/mol. The van der Waals surface area contributed by atoms with Gasteiger partial charge in [0, 0.05) is 11.8 Å². The van der Waals surface area contributed by atoms with Crippen molar-refractivity contribution >= 4 is 17.6 Å². The topological polar surface area (TPSA) is 73.9 Å². The summed E-state index contributed by atoms with van der Waals surface area (Å²) in [5, 5.41) is 2.52. The van der Waals surface area contributed by atoms with Crippen molar-refractivity contribution < 1.29 is 32.6 Å². The van der Waals surface area contributed by atoms with Crippen LogP contribution in [0.1, 0.15) is 17.3 Å². The van der Waals surface area contributed by atoms with Crippen LogP contribution >= 0.6 is 0 Å². The molecule has 1 amide bonds. The number of esters is 1. The third-order valence-electron chi connectivity index (χ3n) is 3.46. The Morgan fingerprint density at radius 1 is 1.12 bits per heavy atom. The molecule has 0 spiro atoms. The molecule has 130 valence electrons. The van der Waals surface area contributed by atoms with Crippen molar-refractivity contribution in [2.45, 2.75) is 13.0 Å². The number of nitrogens with one attached hydrogen (secondary N) is 1. The number of rotatable bonds is 4. The van der Waals surface area contributed by atoms with Crippen LogP contribution in [-0.2, 0) is 9.53 Å². The van der Waals surface area contributed by atoms with Crippen LogP contribution in [0.3, 0.4) is 0 Å². The molecule has 1 aliphatic heterocycles. The summed E-state index contributed by atoms with van der Waals surface area (Å²) >= 11 is 0. The molecule has 0 aliphatic carbocycles. The molecule has 0 saturated heterocycles. The summed E-state index contributed by atoms with van der Waals surface area (Å²) in [5.74, 6) is -3.03. The molecule has 2 aromatic rings. The van der Waals surface area contributed by atoms with Crippen molar-refractivity contribution in [3.63, 3.8) is 0 Å². The van der Waals surface area contributed by atoms with E-state index in [1.165, 1.54) is 6.92 Å². The SMILES string of the molecule is C[C@H](OC(=O)c1c(F)cccc1F)C(=O)Nc1ccc2c(c1)OCO2. The van der Waals surface area contributed by atoms with Crippen molar-refractivity contribution in [2.24, 2.45) is 0 Å². The second kappa shape index (κ2) is 6.76. The molecule has 3 rings (SSSR count). The van der Waals surface area contributed by atoms with E-state index < -0.39 is 35.2 Å². The zero-order chi connectivity index (χ0) is 18.0. The fourth-order valence-electron chi connectivity index (χ4n) is 2.18. The summed E-state index contributed by atoms with van der Waals surface area (Å²) in [6.45, 7) is 1.38. The molecule has 1 aliphatic rings. The van der Waals surface area contributed by atoms with Crippen molar-refractivity contribution in [3.05, 3.63) is 53.6 Å². The van der Waals surface area contributed by atoms with Crippen LogP contribution in [0.2, 0.25) is 0 Å². The molecule has 25 heavy (non-hydrogen) atoms. The highest BCUT2D eigenvalue weighted by atomic mass is 19.1. The van der Waals surface area contributed by atoms with Gasteiger partial charge >= 0.3 is 5.97 Å². The number of hydrogen-bond acceptors (Lipinski definition) is 5. The molecule has 0 radical (unpaired) electrons. The minimum Gasteiger partial charge on any atom is -0.454 e. The lowest BCUT2D eigenvalue weighted by molar-refractivity contribution is -0.123. The highest BCUT2D eigenvalue weighted by molar-refractivity contribution is 5.97. The number of benzene rings is 2. The van der Waals surface area contributed by atoms with Gasteiger partial charge in [-0.25, -0.2) is 13.6 Å². The zero-order valence-electron chi connectivity index (χ0n) is 13.0. The van der Waals surface area contributed by atoms with E-state index in [0.29, 0.717) is 17.2 Å². The number of amides is 1. The van der Waals surface area contributed by atoms with Gasteiger partial charge in [-0.05, 0) is 31.2 Å². The van der Waals surface area contributed by atoms with E-state index in [9.17, 15) is 18.4 Å². The van der Waals surface area contributed by atoms with E-state index in [0.717, 1.165) is 18.2 Å². The Morgan fingerprint density at radius 3 is 2.52 bits per heavy atom. The number of anilines is 1. The fraction of sp³-hybridized carbons (Fsp3) is 0.176. The Hall–Kier alpha value is -3.16. The third kappa shape index (κ3) is 3.52. The smallest absolute Gasteiger partial charge is 0.344 e. The quantitative estimate of drug-likeness (QED) is 0.859. The monoisotopic (exact) mass is 349 g/mol. The average Bonchev–Trinajstić information content (AvgIpc) is 3.02. The van der Waals surface area contributed by atoms with Crippen LogP contribution in [0.25, 0.3) is 0 Å². The predicted octanol–water partition coefficient (Wildman–Crippen LogP) is 2.88. The molecule has 0 bridgehead atoms. The van der Waals surface area contributed by atoms with E-state index in [-0.39, 0.29) is 6.79 Å². The molecule has 0 unspecified atom stereocenters. The standard InChI is InChI=1S/C17H13F2NO5/c1-9(25-17(22)15-11(18)3-2-4-12(15)19)16(21)20-10-5-6-13-14(7-10)24-8-23-13/h2-7,9H,8H2,1H3,(H,20,21)/t9-/m0/s1. The van der Waals surface area contributed by atoms with E-state index in [4.69, 9.17) is 14.2 Å². The van der Waals surface area contributed by atoms with E-state index in [1.807, 2.05) is 0 Å². The van der Waals surface area contributed by atoms with Gasteiger partial charge in [0.15, 0.2) is 17.6 Å². The summed E-state index contributed by atoms with van der Waals surface area (Å²) in [6.07, 6.45) is -1.27. The maximum absolute atomic E-state index is 13.6. The van der Waals surface area contributed by atoms with Crippen molar-refractivity contribution in [2.75, 3.05) is 12.1 Å². The van der Waals surface area contributed by atoms with Crippen LogP contribution in [0, 0.1) is 11.6 Å². The van der Waals surface area contributed by atoms with Gasteiger partial charge in [-0.15, -0.1) is 0 Å². The average molecular weight is 349 g/mol. The van der Waals surface area contributed by atoms with Crippen LogP contribution in [0.5, 0.6) is 11.5 Å². The first-order valence-electron chi connectivity index (χ1n) is 7.31. The van der Waals surface area contributed by atoms with E-state index in [1.54, 1.807) is 18.2 Å². The molecular formula is C17H13F2NO5. The molecule has 1 N–H and O–H groups in total. The Bertz CT molecular complexity index is 820. The fourth-order valence-corrected chi connectivity index (χ4v) is 2.18. The lowest BCUT2D eigenvalue weighted by Crippen LogP contribution is -2.30. The summed E-state index contributed by atoms with van der Waals surface area (Å²) in [4.78, 5) is 24.0. The minimum absolute atomic E-state index is 0.0922. The van der Waals surface area contributed by atoms with E-state index in [2.05, 4.69) is 5.32 Å². The lowest BCUT2D eigenvalue weighted by atomic mass is 10.2. The van der Waals surface area contributed by atoms with Gasteiger partial charge in [0.05, 0.1) is 0 Å². The molecular weight excluding hydrogens is 336 g/mol. The normalized spacial score (nSPS) is 13.2. The zero-order valence-corrected chi connectivity index (χ0v) is 13.0. The van der Waals surface area contributed by atoms with Gasteiger partial charge < -0.3 is 19.5 Å². The van der Waals surface area contributed by atoms with Gasteiger partial charge in [0.25, 0.3) is 5.91 Å². The second-order valence-corrected chi connectivity index (χ2v) is 5.20. The first-order valence-corrected chi connectivity index (χ1v) is 7.31. The summed E-state index contributed by atoms with van der Waals surface area (Å²) in [7, 11) is 0. The highest BCUT2D eigenvalue weighted by Gasteiger charge is 2.24. The molecule has 0 aromatic heterocycles. The molecule has 1 heterocycles. The van der Waals surface area contributed by atoms with Crippen LogP contribution in [-0.4, -0.2) is 24.8 Å². The van der Waals surface area contributed by atoms with Gasteiger partial charge in [-0.3, -0.25) is 4.79 Å². The Kier molecular flexibility index (Phi) is 4.51. The number of ether oxygens (including phenoxy) is 3. The molecule has 6 nitrogen and oxygen atoms in total. The van der Waals surface area contributed by atoms with Gasteiger partial charge in [0.2, 0.25) is 6.79 Å². The van der Waals surface area contributed by atoms with Crippen molar-refractivity contribution in [1.29, 1.82) is 0 Å². The van der Waals surface area contributed by atoms with Gasteiger partial charge in [-0.2, -0.15) is 0 Å². The number of halogens is 2. The highest BCUT2D eigenvalue weighted by Crippen LogP contribution is 2.34. The minimum atomic E-state index is -1.27. The first-order chi connectivity index (χ1) is 12.0. The molecule has 8 heteroatoms. The number of hydrogen-bond donors (Lipinski definition) is 1. The molecule has 2 aromatic carbocycles. The van der Waals surface area contributed by atoms with Crippen LogP contribution in [0.15, 0.2) is 36.4 Å². The van der Waals surface area contributed by atoms with E-state index >= 15 is 0 Å². The van der Waals surface area contributed by atoms with Gasteiger partial charge in [0.1, 0.15) is 17.2 Å². The molecule has 1 atom stereocenters. The maximum Gasteiger partial charge on any atom is 0.344 e. The molecule has 0 fully saturated rings. The van der Waals surface area contributed by atoms with Crippen molar-refractivity contribution in [3.8, 4) is 11.5 Å². The maximum atomic E-state index is 13.6. The summed E-state index contributed by atoms with van der Waals surface area (Å²) < 4.78 is 42.3. The number of carbonyl (C=O) groups is 2. The third-order valence-corrected chi connectivity index (χ3v) is 3.46. The van der Waals surface area contributed by atoms with Crippen LogP contribution < -0.4 is 14.8 Å².